The smallest absolute Gasteiger partial charge is 0.326 e. The lowest BCUT2D eigenvalue weighted by molar-refractivity contribution is -0.152. The van der Waals surface area contributed by atoms with Gasteiger partial charge in [-0.1, -0.05) is 24.3 Å². The molecule has 3 N–H and O–H groups in total. The monoisotopic (exact) mass is 260 g/mol. The number of aliphatic carboxylic acids is 1. The summed E-state index contributed by atoms with van der Waals surface area (Å²) >= 11 is 0. The van der Waals surface area contributed by atoms with Gasteiger partial charge in [0, 0.05) is 13.0 Å². The lowest BCUT2D eigenvalue weighted by atomic mass is 9.93. The van der Waals surface area contributed by atoms with Crippen LogP contribution in [-0.2, 0) is 22.6 Å². The van der Waals surface area contributed by atoms with E-state index in [1.54, 1.807) is 0 Å². The molecule has 1 aliphatic heterocycles. The van der Waals surface area contributed by atoms with E-state index in [1.807, 2.05) is 24.3 Å². The molecule has 1 aliphatic carbocycles. The van der Waals surface area contributed by atoms with E-state index in [0.29, 0.717) is 25.8 Å². The van der Waals surface area contributed by atoms with Gasteiger partial charge in [0.05, 0.1) is 5.54 Å². The number of carbonyl (C=O) groups excluding carboxylic acids is 1. The van der Waals surface area contributed by atoms with Gasteiger partial charge in [0.25, 0.3) is 0 Å². The summed E-state index contributed by atoms with van der Waals surface area (Å²) in [5, 5.41) is 9.33. The molecule has 1 heterocycles. The van der Waals surface area contributed by atoms with E-state index < -0.39 is 17.6 Å². The highest BCUT2D eigenvalue weighted by Crippen LogP contribution is 2.36. The van der Waals surface area contributed by atoms with E-state index in [-0.39, 0.29) is 5.91 Å². The fourth-order valence-electron chi connectivity index (χ4n) is 2.59. The number of carboxylic acid groups (broad SMARTS) is 1. The zero-order valence-corrected chi connectivity index (χ0v) is 10.5. The molecule has 0 radical (unpaired) electrons. The first-order valence-electron chi connectivity index (χ1n) is 6.41. The van der Waals surface area contributed by atoms with Gasteiger partial charge in [0.15, 0.2) is 0 Å². The minimum Gasteiger partial charge on any atom is -0.480 e. The van der Waals surface area contributed by atoms with Gasteiger partial charge in [0.1, 0.15) is 6.04 Å². The average Bonchev–Trinajstić information content (AvgIpc) is 3.15. The molecule has 2 aliphatic rings. The highest BCUT2D eigenvalue weighted by atomic mass is 16.4. The van der Waals surface area contributed by atoms with Crippen LogP contribution in [-0.4, -0.2) is 33.5 Å². The maximum atomic E-state index is 12.3. The first kappa shape index (κ1) is 12.2. The van der Waals surface area contributed by atoms with Crippen molar-refractivity contribution in [1.82, 2.24) is 4.90 Å². The Morgan fingerprint density at radius 3 is 2.47 bits per heavy atom. The van der Waals surface area contributed by atoms with Crippen LogP contribution in [0.2, 0.25) is 0 Å². The summed E-state index contributed by atoms with van der Waals surface area (Å²) in [6.45, 7) is 0.338. The van der Waals surface area contributed by atoms with Crippen LogP contribution >= 0.6 is 0 Å². The molecule has 1 aromatic carbocycles. The van der Waals surface area contributed by atoms with E-state index in [2.05, 4.69) is 0 Å². The maximum absolute atomic E-state index is 12.3. The van der Waals surface area contributed by atoms with E-state index in [9.17, 15) is 14.7 Å². The molecule has 1 amide bonds. The van der Waals surface area contributed by atoms with Gasteiger partial charge in [-0.05, 0) is 24.0 Å². The summed E-state index contributed by atoms with van der Waals surface area (Å²) in [5.74, 6) is -1.19. The Morgan fingerprint density at radius 2 is 1.89 bits per heavy atom. The fraction of sp³-hybridized carbons (Fsp3) is 0.429. The topological polar surface area (TPSA) is 83.6 Å². The van der Waals surface area contributed by atoms with E-state index in [0.717, 1.165) is 11.1 Å². The zero-order chi connectivity index (χ0) is 13.6. The Labute approximate surface area is 111 Å². The van der Waals surface area contributed by atoms with E-state index in [4.69, 9.17) is 5.73 Å². The van der Waals surface area contributed by atoms with Gasteiger partial charge in [0.2, 0.25) is 5.91 Å². The zero-order valence-electron chi connectivity index (χ0n) is 10.5. The summed E-state index contributed by atoms with van der Waals surface area (Å²) in [7, 11) is 0. The van der Waals surface area contributed by atoms with Gasteiger partial charge < -0.3 is 15.7 Å². The van der Waals surface area contributed by atoms with Crippen LogP contribution in [0.5, 0.6) is 0 Å². The molecule has 5 heteroatoms. The third kappa shape index (κ3) is 2.00. The van der Waals surface area contributed by atoms with Gasteiger partial charge in [-0.2, -0.15) is 0 Å². The second-order valence-electron chi connectivity index (χ2n) is 5.42. The molecule has 0 saturated heterocycles. The number of nitrogens with two attached hydrogens (primary N) is 1. The van der Waals surface area contributed by atoms with Crippen LogP contribution in [0.1, 0.15) is 24.0 Å². The third-order valence-corrected chi connectivity index (χ3v) is 4.01. The van der Waals surface area contributed by atoms with Crippen molar-refractivity contribution in [2.24, 2.45) is 5.73 Å². The molecule has 1 atom stereocenters. The minimum atomic E-state index is -0.966. The van der Waals surface area contributed by atoms with Gasteiger partial charge in [-0.15, -0.1) is 0 Å². The first-order chi connectivity index (χ1) is 9.01. The molecule has 1 saturated carbocycles. The maximum Gasteiger partial charge on any atom is 0.326 e. The van der Waals surface area contributed by atoms with Crippen molar-refractivity contribution < 1.29 is 14.7 Å². The second-order valence-corrected chi connectivity index (χ2v) is 5.42. The SMILES string of the molecule is NC1(C(=O)N2Cc3ccccc3C[C@H]2C(=O)O)CC1. The number of hydrogen-bond donors (Lipinski definition) is 2. The lowest BCUT2D eigenvalue weighted by Crippen LogP contribution is -2.54. The van der Waals surface area contributed by atoms with Crippen LogP contribution in [0.3, 0.4) is 0 Å². The van der Waals surface area contributed by atoms with Gasteiger partial charge >= 0.3 is 5.97 Å². The van der Waals surface area contributed by atoms with Crippen LogP contribution in [0.4, 0.5) is 0 Å². The number of rotatable bonds is 2. The largest absolute Gasteiger partial charge is 0.480 e. The highest BCUT2D eigenvalue weighted by Gasteiger charge is 2.51. The molecule has 0 unspecified atom stereocenters. The van der Waals surface area contributed by atoms with Crippen molar-refractivity contribution in [3.8, 4) is 0 Å². The molecule has 100 valence electrons. The number of nitrogens with zero attached hydrogens (tertiary/aromatic N) is 1. The molecule has 5 nitrogen and oxygen atoms in total. The Bertz CT molecular complexity index is 551. The normalized spacial score (nSPS) is 23.6. The molecular formula is C14H16N2O3. The Morgan fingerprint density at radius 1 is 1.26 bits per heavy atom. The predicted octanol–water partition coefficient (Wildman–Crippen LogP) is 0.516. The van der Waals surface area contributed by atoms with E-state index in [1.165, 1.54) is 4.90 Å². The van der Waals surface area contributed by atoms with Crippen LogP contribution in [0.15, 0.2) is 24.3 Å². The Kier molecular flexibility index (Phi) is 2.60. The number of carboxylic acids is 1. The Balaban J connectivity index is 1.94. The summed E-state index contributed by atoms with van der Waals surface area (Å²) in [5.41, 5.74) is 7.11. The molecular weight excluding hydrogens is 244 g/mol. The molecule has 1 aromatic rings. The predicted molar refractivity (Wildman–Crippen MR) is 68.3 cm³/mol. The summed E-state index contributed by atoms with van der Waals surface area (Å²) in [4.78, 5) is 25.2. The summed E-state index contributed by atoms with van der Waals surface area (Å²) < 4.78 is 0. The van der Waals surface area contributed by atoms with Crippen molar-refractivity contribution in [3.63, 3.8) is 0 Å². The van der Waals surface area contributed by atoms with Crippen molar-refractivity contribution in [2.75, 3.05) is 0 Å². The number of fused-ring (bicyclic) bond motifs is 1. The number of carbonyl (C=O) groups is 2. The standard InChI is InChI=1S/C14H16N2O3/c15-14(5-6-14)13(19)16-8-10-4-2-1-3-9(10)7-11(16)12(17)18/h1-4,11H,5-8,15H2,(H,17,18)/t11-/m0/s1. The molecule has 19 heavy (non-hydrogen) atoms. The second kappa shape index (κ2) is 4.06. The van der Waals surface area contributed by atoms with Gasteiger partial charge in [-0.3, -0.25) is 4.79 Å². The fourth-order valence-corrected chi connectivity index (χ4v) is 2.59. The third-order valence-electron chi connectivity index (χ3n) is 4.01. The average molecular weight is 260 g/mol. The quantitative estimate of drug-likeness (QED) is 0.811. The van der Waals surface area contributed by atoms with E-state index >= 15 is 0 Å². The van der Waals surface area contributed by atoms with Crippen molar-refractivity contribution in [1.29, 1.82) is 0 Å². The number of hydrogen-bond acceptors (Lipinski definition) is 3. The summed E-state index contributed by atoms with van der Waals surface area (Å²) in [6.07, 6.45) is 1.65. The molecule has 0 bridgehead atoms. The highest BCUT2D eigenvalue weighted by molar-refractivity contribution is 5.92. The van der Waals surface area contributed by atoms with Gasteiger partial charge in [-0.25, -0.2) is 4.79 Å². The van der Waals surface area contributed by atoms with Crippen molar-refractivity contribution in [2.45, 2.75) is 37.4 Å². The number of benzene rings is 1. The molecule has 1 fully saturated rings. The first-order valence-corrected chi connectivity index (χ1v) is 6.41. The minimum absolute atomic E-state index is 0.227. The number of amides is 1. The van der Waals surface area contributed by atoms with Crippen LogP contribution < -0.4 is 5.73 Å². The molecule has 3 rings (SSSR count). The Hall–Kier alpha value is -1.88. The summed E-state index contributed by atoms with van der Waals surface area (Å²) in [6, 6.07) is 6.84. The van der Waals surface area contributed by atoms with Crippen LogP contribution in [0, 0.1) is 0 Å². The molecule has 0 spiro atoms. The van der Waals surface area contributed by atoms with Crippen molar-refractivity contribution >= 4 is 11.9 Å². The lowest BCUT2D eigenvalue weighted by Gasteiger charge is -2.36. The van der Waals surface area contributed by atoms with Crippen molar-refractivity contribution in [3.05, 3.63) is 35.4 Å². The molecule has 0 aromatic heterocycles. The van der Waals surface area contributed by atoms with Crippen LogP contribution in [0.25, 0.3) is 0 Å².